The van der Waals surface area contributed by atoms with Crippen LogP contribution in [0.3, 0.4) is 0 Å². The summed E-state index contributed by atoms with van der Waals surface area (Å²) in [5.41, 5.74) is 5.01. The molecule has 2 aliphatic carbocycles. The molecule has 172 valence electrons. The Hall–Kier alpha value is -1.88. The standard InChI is InChI=1S/C13H24N2O.C11H14N2OS/c1-8-4-9-5-10(11(8)15-3)7-13(2,6-9)12(14)16;1-5-6-10(9(2)7-12)15-13-11(3,4)8-14/h8-11,15H,4-7H2,1-3H3,(H2,14,16);5-6,8,13H,1-2H2,3-4H3/b;10-6+. The van der Waals surface area contributed by atoms with Crippen molar-refractivity contribution in [3.63, 3.8) is 0 Å². The summed E-state index contributed by atoms with van der Waals surface area (Å²) in [5.74, 6) is 1.96. The number of nitriles is 1. The predicted molar refractivity (Wildman–Crippen MR) is 129 cm³/mol. The number of amides is 1. The topological polar surface area (TPSA) is 108 Å². The smallest absolute Gasteiger partial charge is 0.223 e. The molecule has 0 heterocycles. The Morgan fingerprint density at radius 1 is 1.35 bits per heavy atom. The molecule has 0 aromatic carbocycles. The van der Waals surface area contributed by atoms with Gasteiger partial charge in [0.15, 0.2) is 0 Å². The van der Waals surface area contributed by atoms with E-state index in [0.29, 0.717) is 28.4 Å². The summed E-state index contributed by atoms with van der Waals surface area (Å²) in [6.07, 6.45) is 8.53. The van der Waals surface area contributed by atoms with Crippen molar-refractivity contribution in [1.29, 1.82) is 5.26 Å². The molecule has 0 aromatic heterocycles. The molecule has 0 spiro atoms. The van der Waals surface area contributed by atoms with E-state index in [0.717, 1.165) is 25.0 Å². The first kappa shape index (κ1) is 27.2. The van der Waals surface area contributed by atoms with Gasteiger partial charge in [-0.1, -0.05) is 33.1 Å². The predicted octanol–water partition coefficient (Wildman–Crippen LogP) is 3.87. The maximum absolute atomic E-state index is 11.6. The van der Waals surface area contributed by atoms with E-state index < -0.39 is 5.54 Å². The van der Waals surface area contributed by atoms with Gasteiger partial charge in [0.2, 0.25) is 5.91 Å². The van der Waals surface area contributed by atoms with Gasteiger partial charge in [-0.3, -0.25) is 4.79 Å². The van der Waals surface area contributed by atoms with Gasteiger partial charge in [-0.2, -0.15) is 5.26 Å². The zero-order valence-electron chi connectivity index (χ0n) is 19.5. The molecule has 7 heteroatoms. The highest BCUT2D eigenvalue weighted by molar-refractivity contribution is 8.01. The minimum atomic E-state index is -0.638. The Kier molecular flexibility index (Phi) is 10.2. The van der Waals surface area contributed by atoms with E-state index in [-0.39, 0.29) is 11.3 Å². The molecule has 2 aliphatic rings. The van der Waals surface area contributed by atoms with E-state index in [1.54, 1.807) is 26.0 Å². The van der Waals surface area contributed by atoms with Crippen molar-refractivity contribution in [3.8, 4) is 6.07 Å². The largest absolute Gasteiger partial charge is 0.369 e. The van der Waals surface area contributed by atoms with Gasteiger partial charge in [0, 0.05) is 16.4 Å². The molecule has 0 aliphatic heterocycles. The number of fused-ring (bicyclic) bond motifs is 2. The van der Waals surface area contributed by atoms with Crippen molar-refractivity contribution in [1.82, 2.24) is 10.0 Å². The lowest BCUT2D eigenvalue weighted by molar-refractivity contribution is -0.132. The van der Waals surface area contributed by atoms with Gasteiger partial charge in [0.05, 0.1) is 17.2 Å². The maximum atomic E-state index is 11.6. The van der Waals surface area contributed by atoms with E-state index in [1.807, 2.05) is 13.1 Å². The number of allylic oxidation sites excluding steroid dienone is 3. The minimum Gasteiger partial charge on any atom is -0.369 e. The number of aldehydes is 1. The first-order valence-electron chi connectivity index (χ1n) is 10.7. The third-order valence-electron chi connectivity index (χ3n) is 6.26. The third kappa shape index (κ3) is 7.64. The summed E-state index contributed by atoms with van der Waals surface area (Å²) in [6.45, 7) is 15.0. The van der Waals surface area contributed by atoms with Crippen LogP contribution in [0.2, 0.25) is 0 Å². The molecule has 2 rings (SSSR count). The van der Waals surface area contributed by atoms with Crippen LogP contribution in [-0.4, -0.2) is 30.8 Å². The summed E-state index contributed by atoms with van der Waals surface area (Å²) in [5, 5.41) is 12.1. The van der Waals surface area contributed by atoms with E-state index in [9.17, 15) is 9.59 Å². The monoisotopic (exact) mass is 446 g/mol. The molecule has 31 heavy (non-hydrogen) atoms. The highest BCUT2D eigenvalue weighted by Crippen LogP contribution is 2.50. The Morgan fingerprint density at radius 2 is 2.00 bits per heavy atom. The second-order valence-electron chi connectivity index (χ2n) is 9.62. The highest BCUT2D eigenvalue weighted by Gasteiger charge is 2.47. The van der Waals surface area contributed by atoms with Crippen molar-refractivity contribution in [2.24, 2.45) is 28.9 Å². The van der Waals surface area contributed by atoms with Crippen LogP contribution >= 0.6 is 11.9 Å². The van der Waals surface area contributed by atoms with Crippen LogP contribution in [0.5, 0.6) is 0 Å². The molecular weight excluding hydrogens is 408 g/mol. The second kappa shape index (κ2) is 11.7. The van der Waals surface area contributed by atoms with Crippen LogP contribution in [0.1, 0.15) is 53.4 Å². The molecule has 0 radical (unpaired) electrons. The quantitative estimate of drug-likeness (QED) is 0.226. The molecule has 0 saturated heterocycles. The van der Waals surface area contributed by atoms with E-state index in [4.69, 9.17) is 11.0 Å². The number of nitrogens with two attached hydrogens (primary N) is 1. The number of primary amides is 1. The van der Waals surface area contributed by atoms with Gasteiger partial charge in [-0.05, 0) is 82.4 Å². The van der Waals surface area contributed by atoms with Crippen LogP contribution in [0.25, 0.3) is 0 Å². The summed E-state index contributed by atoms with van der Waals surface area (Å²) >= 11 is 1.20. The number of carbonyl (C=O) groups excluding carboxylic acids is 2. The fraction of sp³-hybridized carbons (Fsp3) is 0.625. The van der Waals surface area contributed by atoms with Gasteiger partial charge in [-0.15, -0.1) is 0 Å². The molecule has 1 amide bonds. The van der Waals surface area contributed by atoms with Crippen molar-refractivity contribution in [3.05, 3.63) is 35.8 Å². The zero-order valence-corrected chi connectivity index (χ0v) is 20.3. The summed E-state index contributed by atoms with van der Waals surface area (Å²) in [7, 11) is 2.04. The number of nitrogens with one attached hydrogen (secondary N) is 2. The number of nitrogens with zero attached hydrogens (tertiary/aromatic N) is 1. The average Bonchev–Trinajstić information content (AvgIpc) is 2.70. The van der Waals surface area contributed by atoms with Crippen LogP contribution < -0.4 is 15.8 Å². The average molecular weight is 447 g/mol. The molecule has 2 bridgehead atoms. The molecule has 5 atom stereocenters. The van der Waals surface area contributed by atoms with Crippen LogP contribution in [0, 0.1) is 34.5 Å². The zero-order chi connectivity index (χ0) is 23.8. The van der Waals surface area contributed by atoms with E-state index in [2.05, 4.69) is 37.0 Å². The molecule has 2 fully saturated rings. The second-order valence-corrected chi connectivity index (χ2v) is 10.5. The van der Waals surface area contributed by atoms with Crippen molar-refractivity contribution < 1.29 is 9.59 Å². The normalized spacial score (nSPS) is 30.3. The van der Waals surface area contributed by atoms with Gasteiger partial charge < -0.3 is 15.8 Å². The van der Waals surface area contributed by atoms with Gasteiger partial charge in [-0.25, -0.2) is 4.72 Å². The van der Waals surface area contributed by atoms with Crippen molar-refractivity contribution in [2.75, 3.05) is 7.05 Å². The molecule has 2 saturated carbocycles. The van der Waals surface area contributed by atoms with Crippen LogP contribution in [-0.2, 0) is 9.59 Å². The lowest BCUT2D eigenvalue weighted by Crippen LogP contribution is -2.52. The fourth-order valence-corrected chi connectivity index (χ4v) is 5.53. The van der Waals surface area contributed by atoms with Gasteiger partial charge in [0.1, 0.15) is 6.29 Å². The number of hydrogen-bond donors (Lipinski definition) is 3. The first-order valence-corrected chi connectivity index (χ1v) is 11.5. The van der Waals surface area contributed by atoms with Gasteiger partial charge in [0.25, 0.3) is 0 Å². The minimum absolute atomic E-state index is 0.105. The molecule has 4 N–H and O–H groups in total. The van der Waals surface area contributed by atoms with Crippen LogP contribution in [0.15, 0.2) is 35.8 Å². The Morgan fingerprint density at radius 3 is 2.48 bits per heavy atom. The van der Waals surface area contributed by atoms with E-state index in [1.165, 1.54) is 24.8 Å². The number of rotatable bonds is 8. The maximum Gasteiger partial charge on any atom is 0.223 e. The summed E-state index contributed by atoms with van der Waals surface area (Å²) in [6, 6.07) is 2.51. The molecule has 0 aromatic rings. The lowest BCUT2D eigenvalue weighted by Gasteiger charge is -2.49. The highest BCUT2D eigenvalue weighted by atomic mass is 32.2. The van der Waals surface area contributed by atoms with Crippen LogP contribution in [0.4, 0.5) is 0 Å². The van der Waals surface area contributed by atoms with E-state index >= 15 is 0 Å². The molecule has 6 nitrogen and oxygen atoms in total. The van der Waals surface area contributed by atoms with Gasteiger partial charge >= 0.3 is 0 Å². The number of carbonyl (C=O) groups is 2. The van der Waals surface area contributed by atoms with Crippen molar-refractivity contribution >= 4 is 24.1 Å². The fourth-order valence-electron chi connectivity index (χ4n) is 4.77. The summed E-state index contributed by atoms with van der Waals surface area (Å²) < 4.78 is 2.93. The Labute approximate surface area is 191 Å². The SMILES string of the molecule is C=C/C=C(/SNC(C)(C)C=O)C(=C)C#N.CNC1C(C)CC2CC1CC(C)(C(N)=O)C2. The van der Waals surface area contributed by atoms with Crippen molar-refractivity contribution in [2.45, 2.75) is 65.0 Å². The molecular formula is C24H38N4O2S. The molecule has 5 unspecified atom stereocenters. The Bertz CT molecular complexity index is 753. The third-order valence-corrected chi connectivity index (χ3v) is 7.49. The first-order chi connectivity index (χ1) is 14.4. The lowest BCUT2D eigenvalue weighted by atomic mass is 9.57. The summed E-state index contributed by atoms with van der Waals surface area (Å²) in [4.78, 5) is 22.9. The Balaban J connectivity index is 0.000000311. The number of hydrogen-bond acceptors (Lipinski definition) is 6.